The molecule has 0 saturated carbocycles. The van der Waals surface area contributed by atoms with Gasteiger partial charge in [-0.25, -0.2) is 0 Å². The van der Waals surface area contributed by atoms with E-state index >= 15 is 0 Å². The summed E-state index contributed by atoms with van der Waals surface area (Å²) in [6.07, 6.45) is 3.09. The monoisotopic (exact) mass is 592 g/mol. The fourth-order valence-corrected chi connectivity index (χ4v) is 5.90. The Bertz CT molecular complexity index is 1460. The summed E-state index contributed by atoms with van der Waals surface area (Å²) >= 11 is 0. The predicted molar refractivity (Wildman–Crippen MR) is 174 cm³/mol. The zero-order valence-corrected chi connectivity index (χ0v) is 26.2. The van der Waals surface area contributed by atoms with Crippen molar-refractivity contribution >= 4 is 5.97 Å². The number of fused-ring (bicyclic) bond motifs is 1. The lowest BCUT2D eigenvalue weighted by Gasteiger charge is -2.35. The number of ether oxygens (including phenoxy) is 4. The van der Waals surface area contributed by atoms with Gasteiger partial charge in [0.25, 0.3) is 0 Å². The molecule has 0 radical (unpaired) electrons. The van der Waals surface area contributed by atoms with E-state index in [9.17, 15) is 4.79 Å². The Morgan fingerprint density at radius 1 is 0.750 bits per heavy atom. The smallest absolute Gasteiger partial charge is 0.306 e. The molecule has 0 fully saturated rings. The molecule has 0 spiro atoms. The van der Waals surface area contributed by atoms with Crippen LogP contribution in [-0.2, 0) is 27.3 Å². The van der Waals surface area contributed by atoms with Crippen LogP contribution in [0, 0.1) is 0 Å². The summed E-state index contributed by atoms with van der Waals surface area (Å²) in [5.41, 5.74) is 6.09. The molecular weight excluding hydrogens is 548 g/mol. The molecule has 44 heavy (non-hydrogen) atoms. The first-order valence-electron chi connectivity index (χ1n) is 15.7. The number of benzene rings is 4. The van der Waals surface area contributed by atoms with Gasteiger partial charge in [0.2, 0.25) is 0 Å². The quantitative estimate of drug-likeness (QED) is 0.115. The molecule has 0 bridgehead atoms. The van der Waals surface area contributed by atoms with Crippen LogP contribution in [0.25, 0.3) is 0 Å². The number of carbonyl (C=O) groups excluding carboxylic acids is 1. The summed E-state index contributed by atoms with van der Waals surface area (Å²) in [6.45, 7) is 7.62. The van der Waals surface area contributed by atoms with Crippen molar-refractivity contribution in [3.05, 3.63) is 131 Å². The molecule has 2 atom stereocenters. The van der Waals surface area contributed by atoms with Crippen molar-refractivity contribution in [1.82, 2.24) is 0 Å². The maximum Gasteiger partial charge on any atom is 0.306 e. The SMILES string of the molecule is CC(C)(C)OC(=O)CCCOCCOc1ccc([C@@H]2c3ccc(OCc4ccccc4)cc3CC[C@@H]2c2ccccc2)cc1. The van der Waals surface area contributed by atoms with Crippen molar-refractivity contribution in [3.63, 3.8) is 0 Å². The fourth-order valence-electron chi connectivity index (χ4n) is 5.90. The van der Waals surface area contributed by atoms with Gasteiger partial charge in [0.1, 0.15) is 30.3 Å². The summed E-state index contributed by atoms with van der Waals surface area (Å²) < 4.78 is 23.1. The highest BCUT2D eigenvalue weighted by Gasteiger charge is 2.32. The van der Waals surface area contributed by atoms with E-state index in [2.05, 4.69) is 84.9 Å². The molecule has 5 rings (SSSR count). The lowest BCUT2D eigenvalue weighted by Crippen LogP contribution is -2.23. The van der Waals surface area contributed by atoms with Crippen LogP contribution in [0.1, 0.15) is 79.7 Å². The van der Waals surface area contributed by atoms with Crippen molar-refractivity contribution < 1.29 is 23.7 Å². The molecule has 0 N–H and O–H groups in total. The second-order valence-corrected chi connectivity index (χ2v) is 12.4. The average Bonchev–Trinajstić information content (AvgIpc) is 3.03. The summed E-state index contributed by atoms with van der Waals surface area (Å²) in [5.74, 6) is 2.18. The molecule has 4 aromatic carbocycles. The lowest BCUT2D eigenvalue weighted by atomic mass is 9.69. The summed E-state index contributed by atoms with van der Waals surface area (Å²) in [6, 6.07) is 36.3. The molecular formula is C39H44O5. The van der Waals surface area contributed by atoms with Gasteiger partial charge in [-0.15, -0.1) is 0 Å². The van der Waals surface area contributed by atoms with E-state index in [0.717, 1.165) is 24.3 Å². The fraction of sp³-hybridized carbons (Fsp3) is 0.359. The van der Waals surface area contributed by atoms with E-state index in [1.54, 1.807) is 0 Å². The van der Waals surface area contributed by atoms with Gasteiger partial charge in [-0.2, -0.15) is 0 Å². The van der Waals surface area contributed by atoms with Crippen LogP contribution in [0.15, 0.2) is 103 Å². The van der Waals surface area contributed by atoms with Gasteiger partial charge in [-0.1, -0.05) is 78.9 Å². The van der Waals surface area contributed by atoms with Crippen LogP contribution in [0.3, 0.4) is 0 Å². The topological polar surface area (TPSA) is 54.0 Å². The Morgan fingerprint density at radius 2 is 1.45 bits per heavy atom. The Balaban J connectivity index is 1.20. The minimum absolute atomic E-state index is 0.190. The van der Waals surface area contributed by atoms with Crippen LogP contribution >= 0.6 is 0 Å². The molecule has 0 unspecified atom stereocenters. The van der Waals surface area contributed by atoms with Crippen LogP contribution in [0.2, 0.25) is 0 Å². The molecule has 0 heterocycles. The van der Waals surface area contributed by atoms with Crippen LogP contribution in [0.5, 0.6) is 11.5 Å². The minimum Gasteiger partial charge on any atom is -0.491 e. The third-order valence-corrected chi connectivity index (χ3v) is 7.88. The number of hydrogen-bond donors (Lipinski definition) is 0. The molecule has 0 saturated heterocycles. The van der Waals surface area contributed by atoms with Gasteiger partial charge in [0, 0.05) is 18.9 Å². The zero-order chi connectivity index (χ0) is 30.8. The highest BCUT2D eigenvalue weighted by Crippen LogP contribution is 2.47. The first-order valence-corrected chi connectivity index (χ1v) is 15.7. The number of esters is 1. The summed E-state index contributed by atoms with van der Waals surface area (Å²) in [5, 5.41) is 0. The van der Waals surface area contributed by atoms with Gasteiger partial charge in [0.15, 0.2) is 0 Å². The molecule has 1 aliphatic rings. The normalized spacial score (nSPS) is 16.2. The van der Waals surface area contributed by atoms with Gasteiger partial charge in [-0.3, -0.25) is 4.79 Å². The molecule has 5 nitrogen and oxygen atoms in total. The van der Waals surface area contributed by atoms with Crippen LogP contribution in [-0.4, -0.2) is 31.4 Å². The maximum absolute atomic E-state index is 11.8. The molecule has 5 heteroatoms. The van der Waals surface area contributed by atoms with Crippen molar-refractivity contribution in [1.29, 1.82) is 0 Å². The van der Waals surface area contributed by atoms with E-state index in [4.69, 9.17) is 18.9 Å². The molecule has 4 aromatic rings. The summed E-state index contributed by atoms with van der Waals surface area (Å²) in [4.78, 5) is 11.8. The first kappa shape index (κ1) is 31.3. The molecule has 0 aromatic heterocycles. The Labute approximate surface area is 262 Å². The van der Waals surface area contributed by atoms with Gasteiger partial charge >= 0.3 is 5.97 Å². The van der Waals surface area contributed by atoms with Gasteiger partial charge < -0.3 is 18.9 Å². The van der Waals surface area contributed by atoms with E-state index in [1.165, 1.54) is 27.8 Å². The number of carbonyl (C=O) groups is 1. The largest absolute Gasteiger partial charge is 0.491 e. The third-order valence-electron chi connectivity index (χ3n) is 7.88. The highest BCUT2D eigenvalue weighted by atomic mass is 16.6. The lowest BCUT2D eigenvalue weighted by molar-refractivity contribution is -0.155. The maximum atomic E-state index is 11.8. The Hall–Kier alpha value is -4.09. The van der Waals surface area contributed by atoms with Crippen molar-refractivity contribution in [3.8, 4) is 11.5 Å². The standard InChI is InChI=1S/C39H44O5/c1-39(2,3)44-37(40)15-10-24-41-25-26-42-33-19-16-31(17-20-33)38-35(30-13-8-5-9-14-30)22-18-32-27-34(21-23-36(32)38)43-28-29-11-6-4-7-12-29/h4-9,11-14,16-17,19-21,23,27,35,38H,10,15,18,22,24-26,28H2,1-3H3/t35-,38+/m1/s1. The number of rotatable bonds is 13. The van der Waals surface area contributed by atoms with Crippen molar-refractivity contribution in [2.24, 2.45) is 0 Å². The zero-order valence-electron chi connectivity index (χ0n) is 26.2. The molecule has 0 aliphatic heterocycles. The van der Waals surface area contributed by atoms with Crippen molar-refractivity contribution in [2.75, 3.05) is 19.8 Å². The van der Waals surface area contributed by atoms with E-state index < -0.39 is 5.60 Å². The number of aryl methyl sites for hydroxylation is 1. The van der Waals surface area contributed by atoms with Gasteiger partial charge in [0.05, 0.1) is 6.61 Å². The van der Waals surface area contributed by atoms with E-state index in [-0.39, 0.29) is 11.9 Å². The molecule has 1 aliphatic carbocycles. The minimum atomic E-state index is -0.453. The van der Waals surface area contributed by atoms with Crippen molar-refractivity contribution in [2.45, 2.75) is 70.5 Å². The third kappa shape index (κ3) is 8.96. The highest BCUT2D eigenvalue weighted by molar-refractivity contribution is 5.69. The van der Waals surface area contributed by atoms with E-state index in [1.807, 2.05) is 39.0 Å². The van der Waals surface area contributed by atoms with Gasteiger partial charge in [-0.05, 0) is 98.0 Å². The second kappa shape index (κ2) is 15.1. The Kier molecular flexibility index (Phi) is 10.7. The number of hydrogen-bond acceptors (Lipinski definition) is 5. The first-order chi connectivity index (χ1) is 21.4. The molecule has 230 valence electrons. The Morgan fingerprint density at radius 3 is 2.18 bits per heavy atom. The van der Waals surface area contributed by atoms with Crippen LogP contribution in [0.4, 0.5) is 0 Å². The second-order valence-electron chi connectivity index (χ2n) is 12.4. The van der Waals surface area contributed by atoms with E-state index in [0.29, 0.717) is 45.2 Å². The summed E-state index contributed by atoms with van der Waals surface area (Å²) in [7, 11) is 0. The average molecular weight is 593 g/mol. The predicted octanol–water partition coefficient (Wildman–Crippen LogP) is 8.64. The molecule has 0 amide bonds. The van der Waals surface area contributed by atoms with Crippen LogP contribution < -0.4 is 9.47 Å².